The fourth-order valence-electron chi connectivity index (χ4n) is 4.44. The van der Waals surface area contributed by atoms with Crippen molar-refractivity contribution >= 4 is 11.8 Å². The summed E-state index contributed by atoms with van der Waals surface area (Å²) in [7, 11) is 0. The molecule has 0 radical (unpaired) electrons. The molecule has 0 saturated carbocycles. The number of rotatable bonds is 4. The molecular formula is C21H20F3N5O3. The van der Waals surface area contributed by atoms with Gasteiger partial charge >= 0.3 is 6.18 Å². The van der Waals surface area contributed by atoms with Crippen LogP contribution in [0.15, 0.2) is 60.2 Å². The predicted molar refractivity (Wildman–Crippen MR) is 105 cm³/mol. The van der Waals surface area contributed by atoms with Gasteiger partial charge in [-0.1, -0.05) is 12.1 Å². The molecule has 168 valence electrons. The van der Waals surface area contributed by atoms with Gasteiger partial charge in [-0.25, -0.2) is 0 Å². The molecular weight excluding hydrogens is 427 g/mol. The lowest BCUT2D eigenvalue weighted by Gasteiger charge is -2.33. The van der Waals surface area contributed by atoms with Crippen LogP contribution in [-0.2, 0) is 14.3 Å². The van der Waals surface area contributed by atoms with Gasteiger partial charge < -0.3 is 25.2 Å². The maximum Gasteiger partial charge on any atom is 0.414 e. The number of likely N-dealkylation sites (tertiary alicyclic amines) is 1. The largest absolute Gasteiger partial charge is 0.414 e. The highest BCUT2D eigenvalue weighted by Gasteiger charge is 2.48. The third kappa shape index (κ3) is 3.52. The molecule has 1 aromatic heterocycles. The Hall–Kier alpha value is -3.34. The van der Waals surface area contributed by atoms with Crippen molar-refractivity contribution in [1.29, 1.82) is 0 Å². The van der Waals surface area contributed by atoms with E-state index < -0.39 is 24.3 Å². The Bertz CT molecular complexity index is 1020. The van der Waals surface area contributed by atoms with E-state index in [0.29, 0.717) is 18.8 Å². The number of nitrogens with zero attached hydrogens (tertiary/aromatic N) is 3. The van der Waals surface area contributed by atoms with Gasteiger partial charge in [-0.2, -0.15) is 13.2 Å². The highest BCUT2D eigenvalue weighted by Crippen LogP contribution is 2.34. The smallest absolute Gasteiger partial charge is 0.374 e. The van der Waals surface area contributed by atoms with E-state index in [2.05, 4.69) is 10.3 Å². The van der Waals surface area contributed by atoms with E-state index in [9.17, 15) is 22.8 Å². The number of aromatic nitrogens is 1. The van der Waals surface area contributed by atoms with Gasteiger partial charge in [-0.15, -0.1) is 0 Å². The van der Waals surface area contributed by atoms with Crippen LogP contribution in [0.5, 0.6) is 0 Å². The number of carbonyl (C=O) groups is 2. The standard InChI is InChI=1S/C21H20F3N5O3/c22-21(23,24)17(14-5-1-3-7-25-14)27-19(30)16-15-6-2-4-8-28(15)18(26-16)20(31)29-10-13-9-12(29)11-32-13/h1-8,12-13,17-18,26H,9-11H2,(H,27,30)/t12-,13-,17?,18?/m0/s1. The molecule has 4 atom stereocenters. The number of morpholine rings is 1. The normalized spacial score (nSPS) is 26.9. The first-order valence-electron chi connectivity index (χ1n) is 10.2. The van der Waals surface area contributed by atoms with Gasteiger partial charge in [0.05, 0.1) is 30.1 Å². The number of hydrogen-bond donors (Lipinski definition) is 2. The fourth-order valence-corrected chi connectivity index (χ4v) is 4.44. The second-order valence-corrected chi connectivity index (χ2v) is 7.95. The molecule has 1 aromatic rings. The van der Waals surface area contributed by atoms with Crippen LogP contribution in [0, 0.1) is 0 Å². The highest BCUT2D eigenvalue weighted by atomic mass is 19.4. The molecule has 0 aliphatic carbocycles. The van der Waals surface area contributed by atoms with Crippen molar-refractivity contribution in [3.05, 3.63) is 65.9 Å². The molecule has 2 fully saturated rings. The molecule has 2 N–H and O–H groups in total. The fraction of sp³-hybridized carbons (Fsp3) is 0.381. The maximum atomic E-state index is 13.7. The molecule has 4 aliphatic heterocycles. The highest BCUT2D eigenvalue weighted by molar-refractivity contribution is 5.97. The minimum atomic E-state index is -4.75. The number of hydrogen-bond acceptors (Lipinski definition) is 6. The van der Waals surface area contributed by atoms with Gasteiger partial charge in [-0.3, -0.25) is 14.6 Å². The molecule has 2 unspecified atom stereocenters. The number of fused-ring (bicyclic) bond motifs is 3. The Morgan fingerprint density at radius 3 is 2.78 bits per heavy atom. The molecule has 0 spiro atoms. The molecule has 11 heteroatoms. The zero-order valence-corrected chi connectivity index (χ0v) is 16.7. The van der Waals surface area contributed by atoms with Crippen molar-refractivity contribution in [3.8, 4) is 0 Å². The van der Waals surface area contributed by atoms with Gasteiger partial charge in [0.25, 0.3) is 11.8 Å². The minimum absolute atomic E-state index is 0.00302. The third-order valence-corrected chi connectivity index (χ3v) is 5.94. The molecule has 32 heavy (non-hydrogen) atoms. The third-order valence-electron chi connectivity index (χ3n) is 5.94. The Morgan fingerprint density at radius 2 is 2.12 bits per heavy atom. The lowest BCUT2D eigenvalue weighted by molar-refractivity contribution is -0.163. The SMILES string of the molecule is O=C(NC(c1ccccn1)C(F)(F)F)C1=C2C=CC=CN2C(C(=O)N2C[C@@H]3C[C@H]2CO3)N1. The number of carbonyl (C=O) groups excluding carboxylic acids is 2. The van der Waals surface area contributed by atoms with Crippen molar-refractivity contribution in [1.82, 2.24) is 25.4 Å². The molecule has 2 bridgehead atoms. The quantitative estimate of drug-likeness (QED) is 0.725. The molecule has 8 nitrogen and oxygen atoms in total. The summed E-state index contributed by atoms with van der Waals surface area (Å²) in [6.45, 7) is 0.922. The summed E-state index contributed by atoms with van der Waals surface area (Å²) in [6, 6.07) is 1.79. The summed E-state index contributed by atoms with van der Waals surface area (Å²) < 4.78 is 46.6. The second kappa shape index (κ2) is 7.66. The second-order valence-electron chi connectivity index (χ2n) is 7.95. The van der Waals surface area contributed by atoms with E-state index in [1.807, 2.05) is 5.32 Å². The number of alkyl halides is 3. The zero-order chi connectivity index (χ0) is 22.5. The maximum absolute atomic E-state index is 13.7. The number of amides is 2. The van der Waals surface area contributed by atoms with E-state index in [-0.39, 0.29) is 29.4 Å². The van der Waals surface area contributed by atoms with Crippen LogP contribution >= 0.6 is 0 Å². The average molecular weight is 447 g/mol. The van der Waals surface area contributed by atoms with Crippen LogP contribution in [0.3, 0.4) is 0 Å². The number of allylic oxidation sites excluding steroid dienone is 3. The number of nitrogens with one attached hydrogen (secondary N) is 2. The average Bonchev–Trinajstić information content (AvgIpc) is 3.51. The summed E-state index contributed by atoms with van der Waals surface area (Å²) >= 11 is 0. The molecule has 0 aromatic carbocycles. The monoisotopic (exact) mass is 447 g/mol. The van der Waals surface area contributed by atoms with Crippen molar-refractivity contribution in [2.75, 3.05) is 13.2 Å². The van der Waals surface area contributed by atoms with Crippen LogP contribution in [0.25, 0.3) is 0 Å². The van der Waals surface area contributed by atoms with E-state index in [1.54, 1.807) is 34.2 Å². The first kappa shape index (κ1) is 20.6. The Morgan fingerprint density at radius 1 is 1.28 bits per heavy atom. The lowest BCUT2D eigenvalue weighted by atomic mass is 10.1. The lowest BCUT2D eigenvalue weighted by Crippen LogP contribution is -2.54. The topological polar surface area (TPSA) is 86.8 Å². The minimum Gasteiger partial charge on any atom is -0.374 e. The molecule has 4 aliphatic rings. The van der Waals surface area contributed by atoms with E-state index in [4.69, 9.17) is 4.74 Å². The van der Waals surface area contributed by atoms with Crippen LogP contribution < -0.4 is 10.6 Å². The van der Waals surface area contributed by atoms with Gasteiger partial charge in [0.1, 0.15) is 5.70 Å². The zero-order valence-electron chi connectivity index (χ0n) is 16.7. The van der Waals surface area contributed by atoms with Crippen LogP contribution in [-0.4, -0.2) is 64.2 Å². The van der Waals surface area contributed by atoms with Crippen LogP contribution in [0.4, 0.5) is 13.2 Å². The first-order valence-corrected chi connectivity index (χ1v) is 10.2. The van der Waals surface area contributed by atoms with Crippen molar-refractivity contribution in [2.24, 2.45) is 0 Å². The predicted octanol–water partition coefficient (Wildman–Crippen LogP) is 1.33. The first-order chi connectivity index (χ1) is 15.3. The van der Waals surface area contributed by atoms with E-state index in [0.717, 1.165) is 6.42 Å². The molecule has 2 saturated heterocycles. The number of halogens is 3. The van der Waals surface area contributed by atoms with Crippen LogP contribution in [0.2, 0.25) is 0 Å². The van der Waals surface area contributed by atoms with Gasteiger partial charge in [-0.05, 0) is 30.7 Å². The summed E-state index contributed by atoms with van der Waals surface area (Å²) in [5.41, 5.74) is -0.103. The summed E-state index contributed by atoms with van der Waals surface area (Å²) in [6.07, 6.45) is 2.87. The van der Waals surface area contributed by atoms with Crippen molar-refractivity contribution in [3.63, 3.8) is 0 Å². The van der Waals surface area contributed by atoms with Gasteiger partial charge in [0.2, 0.25) is 0 Å². The van der Waals surface area contributed by atoms with Crippen molar-refractivity contribution in [2.45, 2.75) is 37.0 Å². The van der Waals surface area contributed by atoms with E-state index in [1.165, 1.54) is 24.4 Å². The Balaban J connectivity index is 1.38. The summed E-state index contributed by atoms with van der Waals surface area (Å²) in [5.74, 6) is -1.22. The number of pyridine rings is 1. The van der Waals surface area contributed by atoms with Gasteiger partial charge in [0.15, 0.2) is 12.2 Å². The molecule has 5 rings (SSSR count). The summed E-state index contributed by atoms with van der Waals surface area (Å²) in [5, 5.41) is 4.88. The Labute approximate surface area is 181 Å². The molecule has 5 heterocycles. The number of ether oxygens (including phenoxy) is 1. The van der Waals surface area contributed by atoms with Crippen molar-refractivity contribution < 1.29 is 27.5 Å². The van der Waals surface area contributed by atoms with Gasteiger partial charge in [0, 0.05) is 18.9 Å². The van der Waals surface area contributed by atoms with E-state index >= 15 is 0 Å². The van der Waals surface area contributed by atoms with Crippen LogP contribution in [0.1, 0.15) is 18.2 Å². The summed E-state index contributed by atoms with van der Waals surface area (Å²) in [4.78, 5) is 33.2. The Kier molecular flexibility index (Phi) is 4.92. The molecule has 2 amide bonds.